The smallest absolute Gasteiger partial charge is 0.331 e. The largest absolute Gasteiger partial charge is 0.423 e. The molecule has 0 aromatic heterocycles. The molecule has 1 aromatic carbocycles. The first-order chi connectivity index (χ1) is 11.5. The van der Waals surface area contributed by atoms with Gasteiger partial charge in [0, 0.05) is 30.3 Å². The third-order valence-corrected chi connectivity index (χ3v) is 5.31. The summed E-state index contributed by atoms with van der Waals surface area (Å²) in [6, 6.07) is 5.26. The Labute approximate surface area is 150 Å². The SMILES string of the molecule is CB(OC(C)(C)C(C)(C)O)c1cc(N2CCCCC2)ccc1[N+](=O)[O-]. The first-order valence-electron chi connectivity index (χ1n) is 8.96. The van der Waals surface area contributed by atoms with Gasteiger partial charge in [-0.3, -0.25) is 10.1 Å². The summed E-state index contributed by atoms with van der Waals surface area (Å²) in [6.07, 6.45) is 3.52. The van der Waals surface area contributed by atoms with Crippen LogP contribution in [0.15, 0.2) is 18.2 Å². The fourth-order valence-corrected chi connectivity index (χ4v) is 3.03. The van der Waals surface area contributed by atoms with Crippen molar-refractivity contribution in [3.63, 3.8) is 0 Å². The predicted octanol–water partition coefficient (Wildman–Crippen LogP) is 2.98. The van der Waals surface area contributed by atoms with Gasteiger partial charge < -0.3 is 14.7 Å². The molecule has 1 aromatic rings. The fourth-order valence-electron chi connectivity index (χ4n) is 3.03. The Morgan fingerprint density at radius 3 is 2.32 bits per heavy atom. The summed E-state index contributed by atoms with van der Waals surface area (Å²) in [5, 5.41) is 21.8. The van der Waals surface area contributed by atoms with E-state index in [2.05, 4.69) is 4.90 Å². The Kier molecular flexibility index (Phi) is 5.79. The van der Waals surface area contributed by atoms with Crippen molar-refractivity contribution in [2.45, 2.75) is 65.0 Å². The fraction of sp³-hybridized carbons (Fsp3) is 0.667. The van der Waals surface area contributed by atoms with E-state index >= 15 is 0 Å². The Hall–Kier alpha value is -1.60. The molecule has 0 bridgehead atoms. The summed E-state index contributed by atoms with van der Waals surface area (Å²) in [4.78, 5) is 13.4. The molecular weight excluding hydrogens is 319 g/mol. The number of nitro groups is 1. The monoisotopic (exact) mass is 348 g/mol. The molecule has 0 spiro atoms. The maximum Gasteiger partial charge on any atom is 0.331 e. The van der Waals surface area contributed by atoms with E-state index in [0.717, 1.165) is 31.6 Å². The maximum absolute atomic E-state index is 11.5. The second-order valence-corrected chi connectivity index (χ2v) is 7.88. The van der Waals surface area contributed by atoms with Crippen molar-refractivity contribution in [2.75, 3.05) is 18.0 Å². The van der Waals surface area contributed by atoms with Crippen LogP contribution < -0.4 is 10.4 Å². The molecule has 0 unspecified atom stereocenters. The summed E-state index contributed by atoms with van der Waals surface area (Å²) >= 11 is 0. The highest BCUT2D eigenvalue weighted by molar-refractivity contribution is 6.67. The van der Waals surface area contributed by atoms with E-state index < -0.39 is 18.1 Å². The van der Waals surface area contributed by atoms with Gasteiger partial charge in [0.1, 0.15) is 0 Å². The molecule has 1 saturated heterocycles. The number of nitro benzene ring substituents is 1. The zero-order chi connectivity index (χ0) is 18.8. The van der Waals surface area contributed by atoms with Gasteiger partial charge in [-0.05, 0) is 59.1 Å². The number of anilines is 1. The number of nitrogens with zero attached hydrogens (tertiary/aromatic N) is 2. The van der Waals surface area contributed by atoms with Gasteiger partial charge in [0.15, 0.2) is 0 Å². The van der Waals surface area contributed by atoms with Crippen LogP contribution in [0.2, 0.25) is 6.82 Å². The molecule has 0 atom stereocenters. The summed E-state index contributed by atoms with van der Waals surface area (Å²) in [5.74, 6) is 0. The van der Waals surface area contributed by atoms with E-state index in [9.17, 15) is 15.2 Å². The van der Waals surface area contributed by atoms with Crippen LogP contribution >= 0.6 is 0 Å². The minimum atomic E-state index is -1.07. The van der Waals surface area contributed by atoms with E-state index in [1.165, 1.54) is 6.42 Å². The van der Waals surface area contributed by atoms with Gasteiger partial charge in [-0.2, -0.15) is 0 Å². The topological polar surface area (TPSA) is 75.8 Å². The molecule has 25 heavy (non-hydrogen) atoms. The summed E-state index contributed by atoms with van der Waals surface area (Å²) < 4.78 is 6.05. The lowest BCUT2D eigenvalue weighted by Gasteiger charge is -2.39. The van der Waals surface area contributed by atoms with Crippen LogP contribution in [0.3, 0.4) is 0 Å². The molecule has 1 aliphatic rings. The summed E-state index contributed by atoms with van der Waals surface area (Å²) in [5.41, 5.74) is -0.316. The van der Waals surface area contributed by atoms with E-state index in [4.69, 9.17) is 4.65 Å². The normalized spacial score (nSPS) is 16.0. The van der Waals surface area contributed by atoms with Gasteiger partial charge in [0.05, 0.1) is 16.1 Å². The van der Waals surface area contributed by atoms with Crippen LogP contribution in [-0.4, -0.2) is 41.2 Å². The lowest BCUT2D eigenvalue weighted by atomic mass is 9.61. The molecule has 138 valence electrons. The molecule has 1 fully saturated rings. The average molecular weight is 348 g/mol. The number of hydrogen-bond acceptors (Lipinski definition) is 5. The first-order valence-corrected chi connectivity index (χ1v) is 8.96. The van der Waals surface area contributed by atoms with Crippen molar-refractivity contribution in [2.24, 2.45) is 0 Å². The van der Waals surface area contributed by atoms with Crippen molar-refractivity contribution in [1.29, 1.82) is 0 Å². The average Bonchev–Trinajstić information content (AvgIpc) is 2.53. The zero-order valence-corrected chi connectivity index (χ0v) is 15.9. The van der Waals surface area contributed by atoms with Crippen molar-refractivity contribution in [3.8, 4) is 0 Å². The highest BCUT2D eigenvalue weighted by Crippen LogP contribution is 2.27. The van der Waals surface area contributed by atoms with Gasteiger partial charge in [-0.1, -0.05) is 6.82 Å². The van der Waals surface area contributed by atoms with Crippen molar-refractivity contribution < 1.29 is 14.7 Å². The van der Waals surface area contributed by atoms with Crippen LogP contribution in [0.4, 0.5) is 11.4 Å². The molecule has 0 amide bonds. The summed E-state index contributed by atoms with van der Waals surface area (Å²) in [6.45, 7) is 10.2. The third-order valence-electron chi connectivity index (χ3n) is 5.31. The minimum Gasteiger partial charge on any atom is -0.423 e. The van der Waals surface area contributed by atoms with Crippen molar-refractivity contribution in [3.05, 3.63) is 28.3 Å². The van der Waals surface area contributed by atoms with Crippen LogP contribution in [-0.2, 0) is 4.65 Å². The molecule has 0 aliphatic carbocycles. The molecule has 6 nitrogen and oxygen atoms in total. The number of benzene rings is 1. The maximum atomic E-state index is 11.5. The lowest BCUT2D eigenvalue weighted by molar-refractivity contribution is -0.383. The Morgan fingerprint density at radius 1 is 1.20 bits per heavy atom. The van der Waals surface area contributed by atoms with Gasteiger partial charge in [-0.15, -0.1) is 0 Å². The predicted molar refractivity (Wildman–Crippen MR) is 102 cm³/mol. The molecule has 2 rings (SSSR count). The Balaban J connectivity index is 2.34. The van der Waals surface area contributed by atoms with E-state index in [0.29, 0.717) is 5.46 Å². The molecule has 1 heterocycles. The quantitative estimate of drug-likeness (QED) is 0.486. The highest BCUT2D eigenvalue weighted by Gasteiger charge is 2.39. The van der Waals surface area contributed by atoms with E-state index in [1.54, 1.807) is 40.6 Å². The molecule has 7 heteroatoms. The van der Waals surface area contributed by atoms with Gasteiger partial charge >= 0.3 is 6.92 Å². The molecule has 0 saturated carbocycles. The lowest BCUT2D eigenvalue weighted by Crippen LogP contribution is -2.52. The van der Waals surface area contributed by atoms with Gasteiger partial charge in [0.25, 0.3) is 5.69 Å². The summed E-state index contributed by atoms with van der Waals surface area (Å²) in [7, 11) is 0. The Morgan fingerprint density at radius 2 is 1.80 bits per heavy atom. The van der Waals surface area contributed by atoms with Crippen LogP contribution in [0.25, 0.3) is 0 Å². The molecule has 0 radical (unpaired) electrons. The number of piperidine rings is 1. The van der Waals surface area contributed by atoms with Gasteiger partial charge in [0.2, 0.25) is 0 Å². The van der Waals surface area contributed by atoms with E-state index in [1.807, 2.05) is 12.1 Å². The van der Waals surface area contributed by atoms with Crippen LogP contribution in [0, 0.1) is 10.1 Å². The van der Waals surface area contributed by atoms with Crippen molar-refractivity contribution >= 4 is 23.8 Å². The zero-order valence-electron chi connectivity index (χ0n) is 15.9. The number of aliphatic hydroxyl groups is 1. The van der Waals surface area contributed by atoms with E-state index in [-0.39, 0.29) is 10.6 Å². The van der Waals surface area contributed by atoms with Gasteiger partial charge in [-0.25, -0.2) is 0 Å². The Bertz CT molecular complexity index is 622. The standard InChI is InChI=1S/C18H29BN2O4/c1-17(2,22)18(3,4)25-19(5)15-13-14(9-10-16(15)21(23)24)20-11-7-6-8-12-20/h9-10,13,22H,6-8,11-12H2,1-5H3. The minimum absolute atomic E-state index is 0.0554. The van der Waals surface area contributed by atoms with Crippen LogP contribution in [0.1, 0.15) is 47.0 Å². The third kappa shape index (κ3) is 4.52. The number of rotatable bonds is 6. The highest BCUT2D eigenvalue weighted by atomic mass is 16.6. The second kappa shape index (κ2) is 7.34. The van der Waals surface area contributed by atoms with Crippen molar-refractivity contribution in [1.82, 2.24) is 0 Å². The second-order valence-electron chi connectivity index (χ2n) is 7.88. The van der Waals surface area contributed by atoms with Crippen LogP contribution in [0.5, 0.6) is 0 Å². The molecule has 1 N–H and O–H groups in total. The first kappa shape index (κ1) is 19.7. The number of hydrogen-bond donors (Lipinski definition) is 1. The molecule has 1 aliphatic heterocycles. The molecular formula is C18H29BN2O4.